The predicted octanol–water partition coefficient (Wildman–Crippen LogP) is 1.32. The Balaban J connectivity index is 2.12. The number of ether oxygens (including phenoxy) is 3. The van der Waals surface area contributed by atoms with Crippen LogP contribution in [0.3, 0.4) is 0 Å². The normalized spacial score (nSPS) is 24.4. The van der Waals surface area contributed by atoms with Crippen LogP contribution in [0.4, 0.5) is 5.82 Å². The SMILES string of the molecule is CCCCOC[C@H]1[C@@H](O)[C@H](n2ccc(NC(C)=O)nc2=O)O[C@@H]1COCCC. The molecular formula is C19H31N3O6. The summed E-state index contributed by atoms with van der Waals surface area (Å²) in [4.78, 5) is 27.3. The number of aromatic nitrogens is 2. The third kappa shape index (κ3) is 6.10. The van der Waals surface area contributed by atoms with E-state index in [1.165, 1.54) is 23.8 Å². The predicted molar refractivity (Wildman–Crippen MR) is 103 cm³/mol. The van der Waals surface area contributed by atoms with Crippen molar-refractivity contribution in [2.75, 3.05) is 31.7 Å². The lowest BCUT2D eigenvalue weighted by Gasteiger charge is -2.20. The molecule has 1 amide bonds. The molecule has 28 heavy (non-hydrogen) atoms. The van der Waals surface area contributed by atoms with E-state index in [0.29, 0.717) is 26.4 Å². The average Bonchev–Trinajstić information content (AvgIpc) is 2.94. The van der Waals surface area contributed by atoms with Crippen molar-refractivity contribution in [1.29, 1.82) is 0 Å². The van der Waals surface area contributed by atoms with Gasteiger partial charge in [-0.05, 0) is 18.9 Å². The first kappa shape index (κ1) is 22.5. The first-order valence-electron chi connectivity index (χ1n) is 9.83. The maximum absolute atomic E-state index is 12.4. The minimum absolute atomic E-state index is 0.156. The van der Waals surface area contributed by atoms with E-state index in [4.69, 9.17) is 14.2 Å². The van der Waals surface area contributed by atoms with Crippen LogP contribution in [0, 0.1) is 5.92 Å². The van der Waals surface area contributed by atoms with Gasteiger partial charge in [0.1, 0.15) is 11.9 Å². The molecule has 0 aliphatic carbocycles. The average molecular weight is 397 g/mol. The molecule has 0 radical (unpaired) electrons. The van der Waals surface area contributed by atoms with Crippen LogP contribution >= 0.6 is 0 Å². The van der Waals surface area contributed by atoms with E-state index < -0.39 is 24.1 Å². The van der Waals surface area contributed by atoms with Gasteiger partial charge in [-0.15, -0.1) is 0 Å². The van der Waals surface area contributed by atoms with Gasteiger partial charge >= 0.3 is 5.69 Å². The summed E-state index contributed by atoms with van der Waals surface area (Å²) in [6.45, 7) is 7.27. The van der Waals surface area contributed by atoms with Crippen LogP contribution in [0.25, 0.3) is 0 Å². The fourth-order valence-electron chi connectivity index (χ4n) is 3.06. The van der Waals surface area contributed by atoms with Gasteiger partial charge in [0.15, 0.2) is 6.23 Å². The molecule has 9 nitrogen and oxygen atoms in total. The van der Waals surface area contributed by atoms with E-state index in [2.05, 4.69) is 17.2 Å². The maximum atomic E-state index is 12.4. The molecule has 1 aromatic rings. The Labute approximate surface area is 165 Å². The summed E-state index contributed by atoms with van der Waals surface area (Å²) in [6, 6.07) is 1.49. The third-order valence-corrected chi connectivity index (χ3v) is 4.51. The molecule has 2 heterocycles. The lowest BCUT2D eigenvalue weighted by atomic mass is 9.99. The molecule has 1 aliphatic heterocycles. The Bertz CT molecular complexity index is 680. The number of hydrogen-bond acceptors (Lipinski definition) is 7. The van der Waals surface area contributed by atoms with Gasteiger partial charge in [0, 0.05) is 32.3 Å². The highest BCUT2D eigenvalue weighted by Crippen LogP contribution is 2.34. The minimum atomic E-state index is -0.942. The number of aliphatic hydroxyl groups excluding tert-OH is 1. The summed E-state index contributed by atoms with van der Waals surface area (Å²) in [5.74, 6) is -0.483. The Morgan fingerprint density at radius 2 is 2.04 bits per heavy atom. The zero-order chi connectivity index (χ0) is 20.5. The number of nitrogens with one attached hydrogen (secondary N) is 1. The van der Waals surface area contributed by atoms with Crippen molar-refractivity contribution in [3.8, 4) is 0 Å². The molecule has 0 aromatic carbocycles. The Morgan fingerprint density at radius 3 is 2.68 bits per heavy atom. The number of nitrogens with zero attached hydrogens (tertiary/aromatic N) is 2. The molecule has 4 atom stereocenters. The van der Waals surface area contributed by atoms with Crippen molar-refractivity contribution in [2.45, 2.75) is 58.5 Å². The number of unbranched alkanes of at least 4 members (excludes halogenated alkanes) is 1. The van der Waals surface area contributed by atoms with Crippen LogP contribution in [0.2, 0.25) is 0 Å². The first-order chi connectivity index (χ1) is 13.5. The lowest BCUT2D eigenvalue weighted by Crippen LogP contribution is -2.35. The summed E-state index contributed by atoms with van der Waals surface area (Å²) >= 11 is 0. The van der Waals surface area contributed by atoms with Gasteiger partial charge < -0.3 is 24.6 Å². The van der Waals surface area contributed by atoms with E-state index in [0.717, 1.165) is 19.3 Å². The second kappa shape index (κ2) is 11.3. The fourth-order valence-corrected chi connectivity index (χ4v) is 3.06. The van der Waals surface area contributed by atoms with Gasteiger partial charge in [0.2, 0.25) is 5.91 Å². The maximum Gasteiger partial charge on any atom is 0.351 e. The van der Waals surface area contributed by atoms with Gasteiger partial charge in [-0.25, -0.2) is 4.79 Å². The lowest BCUT2D eigenvalue weighted by molar-refractivity contribution is -0.114. The highest BCUT2D eigenvalue weighted by atomic mass is 16.6. The number of anilines is 1. The summed E-state index contributed by atoms with van der Waals surface area (Å²) in [6.07, 6.45) is 2.08. The number of amides is 1. The number of rotatable bonds is 11. The second-order valence-electron chi connectivity index (χ2n) is 6.91. The molecule has 0 saturated carbocycles. The van der Waals surface area contributed by atoms with Gasteiger partial charge in [0.05, 0.1) is 19.3 Å². The Kier molecular flexibility index (Phi) is 9.04. The summed E-state index contributed by atoms with van der Waals surface area (Å²) in [7, 11) is 0. The van der Waals surface area contributed by atoms with Crippen molar-refractivity contribution in [2.24, 2.45) is 5.92 Å². The van der Waals surface area contributed by atoms with Gasteiger partial charge in [-0.3, -0.25) is 9.36 Å². The van der Waals surface area contributed by atoms with Gasteiger partial charge in [-0.2, -0.15) is 4.98 Å². The molecule has 2 rings (SSSR count). The standard InChI is InChI=1S/C19H31N3O6/c1-4-6-10-27-11-14-15(12-26-9-5-2)28-18(17(14)24)22-8-7-16(20-13(3)23)21-19(22)25/h7-8,14-15,17-18,24H,4-6,9-12H2,1-3H3,(H,20,21,23,25)/t14-,15-,17-,18-/m1/s1. The fraction of sp³-hybridized carbons (Fsp3) is 0.737. The van der Waals surface area contributed by atoms with E-state index in [-0.39, 0.29) is 17.6 Å². The molecule has 1 saturated heterocycles. The summed E-state index contributed by atoms with van der Waals surface area (Å²) in [5.41, 5.74) is -0.615. The van der Waals surface area contributed by atoms with Crippen LogP contribution in [-0.4, -0.2) is 59.2 Å². The molecular weight excluding hydrogens is 366 g/mol. The molecule has 0 bridgehead atoms. The highest BCUT2D eigenvalue weighted by Gasteiger charge is 2.45. The molecule has 9 heteroatoms. The largest absolute Gasteiger partial charge is 0.388 e. The number of hydrogen-bond donors (Lipinski definition) is 2. The van der Waals surface area contributed by atoms with E-state index >= 15 is 0 Å². The minimum Gasteiger partial charge on any atom is -0.388 e. The third-order valence-electron chi connectivity index (χ3n) is 4.51. The van der Waals surface area contributed by atoms with E-state index in [9.17, 15) is 14.7 Å². The molecule has 0 unspecified atom stereocenters. The summed E-state index contributed by atoms with van der Waals surface area (Å²) in [5, 5.41) is 13.3. The topological polar surface area (TPSA) is 112 Å². The van der Waals surface area contributed by atoms with Crippen LogP contribution in [-0.2, 0) is 19.0 Å². The van der Waals surface area contributed by atoms with E-state index in [1.807, 2.05) is 6.92 Å². The van der Waals surface area contributed by atoms with Crippen LogP contribution < -0.4 is 11.0 Å². The van der Waals surface area contributed by atoms with E-state index in [1.54, 1.807) is 0 Å². The molecule has 1 fully saturated rings. The monoisotopic (exact) mass is 397 g/mol. The van der Waals surface area contributed by atoms with Gasteiger partial charge in [-0.1, -0.05) is 20.3 Å². The molecule has 1 aliphatic rings. The quantitative estimate of drug-likeness (QED) is 0.542. The highest BCUT2D eigenvalue weighted by molar-refractivity contribution is 5.87. The molecule has 158 valence electrons. The van der Waals surface area contributed by atoms with Crippen LogP contribution in [0.15, 0.2) is 17.1 Å². The second-order valence-corrected chi connectivity index (χ2v) is 6.91. The zero-order valence-electron chi connectivity index (χ0n) is 16.8. The van der Waals surface area contributed by atoms with Gasteiger partial charge in [0.25, 0.3) is 0 Å². The Hall–Kier alpha value is -1.81. The van der Waals surface area contributed by atoms with Crippen molar-refractivity contribution in [3.05, 3.63) is 22.7 Å². The smallest absolute Gasteiger partial charge is 0.351 e. The van der Waals surface area contributed by atoms with Crippen LogP contribution in [0.1, 0.15) is 46.3 Å². The van der Waals surface area contributed by atoms with Crippen molar-refractivity contribution in [3.63, 3.8) is 0 Å². The molecule has 1 aromatic heterocycles. The number of carbonyl (C=O) groups is 1. The summed E-state index contributed by atoms with van der Waals surface area (Å²) < 4.78 is 18.5. The molecule has 2 N–H and O–H groups in total. The zero-order valence-corrected chi connectivity index (χ0v) is 16.8. The number of aliphatic hydroxyl groups is 1. The van der Waals surface area contributed by atoms with Crippen molar-refractivity contribution < 1.29 is 24.1 Å². The van der Waals surface area contributed by atoms with Crippen LogP contribution in [0.5, 0.6) is 0 Å². The van der Waals surface area contributed by atoms with Crippen molar-refractivity contribution >= 4 is 11.7 Å². The number of carbonyl (C=O) groups excluding carboxylic acids is 1. The van der Waals surface area contributed by atoms with Crippen molar-refractivity contribution in [1.82, 2.24) is 9.55 Å². The first-order valence-corrected chi connectivity index (χ1v) is 9.83. The Morgan fingerprint density at radius 1 is 1.29 bits per heavy atom. The molecule has 0 spiro atoms.